The van der Waals surface area contributed by atoms with Crippen LogP contribution in [0.5, 0.6) is 11.5 Å². The lowest BCUT2D eigenvalue weighted by atomic mass is 10.1. The van der Waals surface area contributed by atoms with Crippen molar-refractivity contribution in [1.82, 2.24) is 10.3 Å². The van der Waals surface area contributed by atoms with Crippen molar-refractivity contribution in [2.45, 2.75) is 6.54 Å². The molecule has 5 heteroatoms. The Bertz CT molecular complexity index is 528. The van der Waals surface area contributed by atoms with Gasteiger partial charge in [-0.3, -0.25) is 4.79 Å². The number of benzene rings is 1. The first-order chi connectivity index (χ1) is 9.26. The number of hydrogen-bond donors (Lipinski definition) is 2. The number of methoxy groups -OCH3 is 2. The first-order valence-corrected chi connectivity index (χ1v) is 5.87. The van der Waals surface area contributed by atoms with Crippen LogP contribution >= 0.6 is 0 Å². The Hall–Kier alpha value is -2.43. The minimum atomic E-state index is -0.226. The number of rotatable bonds is 5. The molecule has 0 fully saturated rings. The average Bonchev–Trinajstić information content (AvgIpc) is 2.97. The number of ether oxygens (including phenoxy) is 2. The fourth-order valence-corrected chi connectivity index (χ4v) is 1.81. The molecule has 2 rings (SSSR count). The molecule has 0 saturated carbocycles. The maximum atomic E-state index is 12.2. The van der Waals surface area contributed by atoms with Crippen LogP contribution in [-0.4, -0.2) is 25.1 Å². The second-order valence-electron chi connectivity index (χ2n) is 3.94. The Morgan fingerprint density at radius 3 is 2.42 bits per heavy atom. The normalized spacial score (nSPS) is 10.0. The van der Waals surface area contributed by atoms with E-state index in [1.54, 1.807) is 18.2 Å². The maximum Gasteiger partial charge on any atom is 0.259 e. The van der Waals surface area contributed by atoms with Crippen LogP contribution in [0.15, 0.2) is 36.7 Å². The van der Waals surface area contributed by atoms with E-state index in [-0.39, 0.29) is 5.91 Å². The molecule has 0 unspecified atom stereocenters. The highest BCUT2D eigenvalue weighted by Gasteiger charge is 2.17. The van der Waals surface area contributed by atoms with Gasteiger partial charge in [-0.15, -0.1) is 0 Å². The van der Waals surface area contributed by atoms with Gasteiger partial charge in [-0.1, -0.05) is 6.07 Å². The monoisotopic (exact) mass is 260 g/mol. The second kappa shape index (κ2) is 5.95. The van der Waals surface area contributed by atoms with Crippen LogP contribution in [0, 0.1) is 0 Å². The summed E-state index contributed by atoms with van der Waals surface area (Å²) >= 11 is 0. The van der Waals surface area contributed by atoms with Crippen molar-refractivity contribution in [3.63, 3.8) is 0 Å². The number of amides is 1. The summed E-state index contributed by atoms with van der Waals surface area (Å²) < 4.78 is 10.4. The van der Waals surface area contributed by atoms with Crippen molar-refractivity contribution >= 4 is 5.91 Å². The zero-order valence-electron chi connectivity index (χ0n) is 10.9. The quantitative estimate of drug-likeness (QED) is 0.863. The molecule has 0 spiro atoms. The summed E-state index contributed by atoms with van der Waals surface area (Å²) in [7, 11) is 3.05. The molecule has 1 amide bonds. The molecule has 1 aromatic carbocycles. The van der Waals surface area contributed by atoms with Crippen LogP contribution in [0.25, 0.3) is 0 Å². The zero-order chi connectivity index (χ0) is 13.7. The molecule has 0 aliphatic carbocycles. The smallest absolute Gasteiger partial charge is 0.259 e. The zero-order valence-corrected chi connectivity index (χ0v) is 10.9. The number of aromatic nitrogens is 1. The molecule has 0 atom stereocenters. The summed E-state index contributed by atoms with van der Waals surface area (Å²) in [6.07, 6.45) is 3.64. The number of aromatic amines is 1. The van der Waals surface area contributed by atoms with Gasteiger partial charge in [0, 0.05) is 18.9 Å². The van der Waals surface area contributed by atoms with Gasteiger partial charge in [0.25, 0.3) is 5.91 Å². The van der Waals surface area contributed by atoms with Gasteiger partial charge in [0.05, 0.1) is 14.2 Å². The van der Waals surface area contributed by atoms with Crippen LogP contribution in [-0.2, 0) is 6.54 Å². The van der Waals surface area contributed by atoms with Crippen molar-refractivity contribution in [3.8, 4) is 11.5 Å². The molecule has 1 aromatic heterocycles. The Kier molecular flexibility index (Phi) is 4.07. The summed E-state index contributed by atoms with van der Waals surface area (Å²) in [5.74, 6) is 0.757. The fraction of sp³-hybridized carbons (Fsp3) is 0.214. The average molecular weight is 260 g/mol. The van der Waals surface area contributed by atoms with Gasteiger partial charge in [-0.25, -0.2) is 0 Å². The molecule has 0 aliphatic rings. The molecule has 0 aliphatic heterocycles. The first kappa shape index (κ1) is 13.0. The SMILES string of the molecule is COc1cccc(OC)c1C(=O)NCc1cc[nH]c1. The lowest BCUT2D eigenvalue weighted by Crippen LogP contribution is -2.23. The molecule has 1 heterocycles. The van der Waals surface area contributed by atoms with Crippen LogP contribution in [0.4, 0.5) is 0 Å². The van der Waals surface area contributed by atoms with Crippen molar-refractivity contribution in [1.29, 1.82) is 0 Å². The topological polar surface area (TPSA) is 63.4 Å². The first-order valence-electron chi connectivity index (χ1n) is 5.87. The molecule has 5 nitrogen and oxygen atoms in total. The van der Waals surface area contributed by atoms with Gasteiger partial charge >= 0.3 is 0 Å². The Morgan fingerprint density at radius 1 is 1.21 bits per heavy atom. The fourth-order valence-electron chi connectivity index (χ4n) is 1.81. The van der Waals surface area contributed by atoms with E-state index in [0.29, 0.717) is 23.6 Å². The molecular weight excluding hydrogens is 244 g/mol. The number of hydrogen-bond acceptors (Lipinski definition) is 3. The molecule has 0 bridgehead atoms. The van der Waals surface area contributed by atoms with Crippen molar-refractivity contribution in [3.05, 3.63) is 47.8 Å². The molecule has 2 N–H and O–H groups in total. The standard InChI is InChI=1S/C14H16N2O3/c1-18-11-4-3-5-12(19-2)13(11)14(17)16-9-10-6-7-15-8-10/h3-8,15H,9H2,1-2H3,(H,16,17). The van der Waals surface area contributed by atoms with E-state index >= 15 is 0 Å². The highest BCUT2D eigenvalue weighted by Crippen LogP contribution is 2.27. The highest BCUT2D eigenvalue weighted by molar-refractivity contribution is 5.99. The number of H-pyrrole nitrogens is 1. The van der Waals surface area contributed by atoms with Gasteiger partial charge in [0.2, 0.25) is 0 Å². The molecule has 19 heavy (non-hydrogen) atoms. The predicted octanol–water partition coefficient (Wildman–Crippen LogP) is 1.96. The third kappa shape index (κ3) is 2.88. The van der Waals surface area contributed by atoms with E-state index < -0.39 is 0 Å². The van der Waals surface area contributed by atoms with E-state index in [2.05, 4.69) is 10.3 Å². The van der Waals surface area contributed by atoms with Gasteiger partial charge in [-0.2, -0.15) is 0 Å². The van der Waals surface area contributed by atoms with Gasteiger partial charge in [0.15, 0.2) is 0 Å². The third-order valence-corrected chi connectivity index (χ3v) is 2.77. The molecule has 0 radical (unpaired) electrons. The van der Waals surface area contributed by atoms with E-state index in [1.807, 2.05) is 18.5 Å². The Morgan fingerprint density at radius 2 is 1.89 bits per heavy atom. The minimum absolute atomic E-state index is 0.226. The number of carbonyl (C=O) groups excluding carboxylic acids is 1. The van der Waals surface area contributed by atoms with E-state index in [0.717, 1.165) is 5.56 Å². The lowest BCUT2D eigenvalue weighted by molar-refractivity contribution is 0.0944. The molecule has 2 aromatic rings. The van der Waals surface area contributed by atoms with E-state index in [4.69, 9.17) is 9.47 Å². The summed E-state index contributed by atoms with van der Waals surface area (Å²) in [6, 6.07) is 7.14. The van der Waals surface area contributed by atoms with Crippen LogP contribution in [0.1, 0.15) is 15.9 Å². The van der Waals surface area contributed by atoms with Crippen LogP contribution in [0.3, 0.4) is 0 Å². The predicted molar refractivity (Wildman–Crippen MR) is 71.5 cm³/mol. The third-order valence-electron chi connectivity index (χ3n) is 2.77. The van der Waals surface area contributed by atoms with Crippen LogP contribution < -0.4 is 14.8 Å². The maximum absolute atomic E-state index is 12.2. The summed E-state index contributed by atoms with van der Waals surface area (Å²) in [4.78, 5) is 15.2. The number of nitrogens with one attached hydrogen (secondary N) is 2. The summed E-state index contributed by atoms with van der Waals surface area (Å²) in [5.41, 5.74) is 1.41. The second-order valence-corrected chi connectivity index (χ2v) is 3.94. The minimum Gasteiger partial charge on any atom is -0.496 e. The molecule has 100 valence electrons. The van der Waals surface area contributed by atoms with Crippen molar-refractivity contribution < 1.29 is 14.3 Å². The summed E-state index contributed by atoms with van der Waals surface area (Å²) in [6.45, 7) is 0.448. The number of carbonyl (C=O) groups is 1. The van der Waals surface area contributed by atoms with Gasteiger partial charge in [0.1, 0.15) is 17.1 Å². The molecule has 0 saturated heterocycles. The van der Waals surface area contributed by atoms with E-state index in [9.17, 15) is 4.79 Å². The summed E-state index contributed by atoms with van der Waals surface area (Å²) in [5, 5.41) is 2.83. The highest BCUT2D eigenvalue weighted by atomic mass is 16.5. The largest absolute Gasteiger partial charge is 0.496 e. The van der Waals surface area contributed by atoms with Gasteiger partial charge in [-0.05, 0) is 23.8 Å². The Balaban J connectivity index is 2.18. The van der Waals surface area contributed by atoms with E-state index in [1.165, 1.54) is 14.2 Å². The lowest BCUT2D eigenvalue weighted by Gasteiger charge is -2.12. The van der Waals surface area contributed by atoms with Gasteiger partial charge < -0.3 is 19.8 Å². The Labute approximate surface area is 111 Å². The van der Waals surface area contributed by atoms with Crippen molar-refractivity contribution in [2.75, 3.05) is 14.2 Å². The van der Waals surface area contributed by atoms with Crippen LogP contribution in [0.2, 0.25) is 0 Å². The van der Waals surface area contributed by atoms with Crippen molar-refractivity contribution in [2.24, 2.45) is 0 Å². The molecular formula is C14H16N2O3.